The van der Waals surface area contributed by atoms with Crippen molar-refractivity contribution in [2.45, 2.75) is 19.3 Å². The summed E-state index contributed by atoms with van der Waals surface area (Å²) in [5.74, 6) is 0. The molecule has 0 unspecified atom stereocenters. The molecule has 12 aromatic rings. The Morgan fingerprint density at radius 1 is 0.333 bits per heavy atom. The predicted octanol–water partition coefficient (Wildman–Crippen LogP) is 17.9. The van der Waals surface area contributed by atoms with Crippen LogP contribution in [0.3, 0.4) is 0 Å². The lowest BCUT2D eigenvalue weighted by Gasteiger charge is -2.26. The molecule has 0 radical (unpaired) electrons. The van der Waals surface area contributed by atoms with E-state index < -0.39 is 0 Å². The Morgan fingerprint density at radius 2 is 0.818 bits per heavy atom. The van der Waals surface area contributed by atoms with E-state index in [0.29, 0.717) is 0 Å². The molecule has 0 aliphatic heterocycles. The molecular formula is C63H43NO2. The molecule has 0 bridgehead atoms. The van der Waals surface area contributed by atoms with E-state index in [1.54, 1.807) is 0 Å². The van der Waals surface area contributed by atoms with Crippen molar-refractivity contribution in [3.63, 3.8) is 0 Å². The molecule has 0 fully saturated rings. The first-order chi connectivity index (χ1) is 32.5. The van der Waals surface area contributed by atoms with Gasteiger partial charge in [-0.15, -0.1) is 0 Å². The smallest absolute Gasteiger partial charge is 0.143 e. The average Bonchev–Trinajstić information content (AvgIpc) is 4.02. The van der Waals surface area contributed by atoms with Gasteiger partial charge in [0.25, 0.3) is 0 Å². The Kier molecular flexibility index (Phi) is 8.56. The van der Waals surface area contributed by atoms with E-state index in [9.17, 15) is 0 Å². The maximum absolute atomic E-state index is 7.07. The summed E-state index contributed by atoms with van der Waals surface area (Å²) in [6, 6.07) is 80.7. The van der Waals surface area contributed by atoms with E-state index in [4.69, 9.17) is 8.83 Å². The first-order valence-electron chi connectivity index (χ1n) is 22.7. The zero-order valence-electron chi connectivity index (χ0n) is 36.6. The van der Waals surface area contributed by atoms with Crippen molar-refractivity contribution in [2.75, 3.05) is 4.90 Å². The summed E-state index contributed by atoms with van der Waals surface area (Å²) in [7, 11) is 0. The Bertz CT molecular complexity index is 3720. The number of furan rings is 2. The molecule has 2 heterocycles. The third kappa shape index (κ3) is 5.97. The van der Waals surface area contributed by atoms with Crippen molar-refractivity contribution >= 4 is 60.9 Å². The average molecular weight is 846 g/mol. The van der Waals surface area contributed by atoms with E-state index in [2.05, 4.69) is 225 Å². The van der Waals surface area contributed by atoms with Crippen molar-refractivity contribution in [2.24, 2.45) is 0 Å². The van der Waals surface area contributed by atoms with Crippen molar-refractivity contribution in [3.8, 4) is 55.6 Å². The molecule has 66 heavy (non-hydrogen) atoms. The van der Waals surface area contributed by atoms with Crippen molar-refractivity contribution in [1.82, 2.24) is 0 Å². The molecule has 0 amide bonds. The number of hydrogen-bond donors (Lipinski definition) is 0. The minimum Gasteiger partial charge on any atom is -0.456 e. The third-order valence-corrected chi connectivity index (χ3v) is 13.9. The second-order valence-electron chi connectivity index (χ2n) is 18.0. The Morgan fingerprint density at radius 3 is 1.47 bits per heavy atom. The Balaban J connectivity index is 0.979. The summed E-state index contributed by atoms with van der Waals surface area (Å²) in [4.78, 5) is 2.34. The van der Waals surface area contributed by atoms with Gasteiger partial charge in [0.05, 0.1) is 0 Å². The van der Waals surface area contributed by atoms with Crippen LogP contribution in [0.1, 0.15) is 25.0 Å². The maximum Gasteiger partial charge on any atom is 0.143 e. The molecular weight excluding hydrogens is 803 g/mol. The zero-order chi connectivity index (χ0) is 43.9. The van der Waals surface area contributed by atoms with Crippen molar-refractivity contribution in [3.05, 3.63) is 236 Å². The number of para-hydroxylation sites is 1. The SMILES string of the molecule is CC1(C)c2ccccc2-c2ccc(-c3c(-c4ccc(N(c5ccc(-c6ccccc6)cc5)c5ccc(-c6ccccc6)cc5)cc4)ccc4c3oc3ccc5oc6ccccc6c5c34)cc21. The van der Waals surface area contributed by atoms with Gasteiger partial charge in [-0.05, 0) is 128 Å². The number of benzene rings is 10. The summed E-state index contributed by atoms with van der Waals surface area (Å²) in [5, 5.41) is 4.33. The number of anilines is 3. The molecule has 312 valence electrons. The lowest BCUT2D eigenvalue weighted by molar-refractivity contribution is 0.660. The van der Waals surface area contributed by atoms with Gasteiger partial charge in [-0.1, -0.05) is 172 Å². The number of fused-ring (bicyclic) bond motifs is 10. The van der Waals surface area contributed by atoms with Gasteiger partial charge in [-0.2, -0.15) is 0 Å². The molecule has 10 aromatic carbocycles. The van der Waals surface area contributed by atoms with E-state index in [1.165, 1.54) is 44.5 Å². The fourth-order valence-corrected chi connectivity index (χ4v) is 10.6. The molecule has 0 N–H and O–H groups in total. The van der Waals surface area contributed by atoms with Crippen LogP contribution in [0, 0.1) is 0 Å². The second kappa shape index (κ2) is 14.8. The lowest BCUT2D eigenvalue weighted by atomic mass is 9.81. The highest BCUT2D eigenvalue weighted by atomic mass is 16.3. The van der Waals surface area contributed by atoms with Crippen LogP contribution in [0.4, 0.5) is 17.1 Å². The summed E-state index contributed by atoms with van der Waals surface area (Å²) >= 11 is 0. The third-order valence-electron chi connectivity index (χ3n) is 13.9. The van der Waals surface area contributed by atoms with Gasteiger partial charge >= 0.3 is 0 Å². The van der Waals surface area contributed by atoms with Crippen LogP contribution in [0.25, 0.3) is 99.5 Å². The summed E-state index contributed by atoms with van der Waals surface area (Å²) in [5.41, 5.74) is 21.0. The minimum absolute atomic E-state index is 0.157. The van der Waals surface area contributed by atoms with Crippen molar-refractivity contribution < 1.29 is 8.83 Å². The van der Waals surface area contributed by atoms with Gasteiger partial charge < -0.3 is 13.7 Å². The fraction of sp³-hybridized carbons (Fsp3) is 0.0476. The normalized spacial score (nSPS) is 12.8. The monoisotopic (exact) mass is 845 g/mol. The lowest BCUT2D eigenvalue weighted by Crippen LogP contribution is -2.14. The summed E-state index contributed by atoms with van der Waals surface area (Å²) in [6.45, 7) is 4.69. The number of hydrogen-bond acceptors (Lipinski definition) is 3. The highest BCUT2D eigenvalue weighted by molar-refractivity contribution is 6.27. The van der Waals surface area contributed by atoms with E-state index in [-0.39, 0.29) is 5.41 Å². The number of rotatable bonds is 7. The van der Waals surface area contributed by atoms with Crippen LogP contribution in [0.15, 0.2) is 233 Å². The van der Waals surface area contributed by atoms with Crippen LogP contribution < -0.4 is 4.90 Å². The standard InChI is InChI=1S/C63H43NO2/c1-63(2)54-19-11-9-17-50(54)51-34-27-45(39-55(51)63)59-49(35-36-53-61-58(66-62(53)59)38-37-57-60(61)52-18-10-12-20-56(52)65-57)44-25-32-48(33-26-44)64(46-28-21-42(22-29-46)40-13-5-3-6-14-40)47-30-23-43(24-31-47)41-15-7-4-8-16-41/h3-39H,1-2H3. The first kappa shape index (κ1) is 38.1. The van der Waals surface area contributed by atoms with Crippen molar-refractivity contribution in [1.29, 1.82) is 0 Å². The topological polar surface area (TPSA) is 29.5 Å². The van der Waals surface area contributed by atoms with Crippen LogP contribution in [-0.4, -0.2) is 0 Å². The first-order valence-corrected chi connectivity index (χ1v) is 22.7. The molecule has 0 saturated carbocycles. The largest absolute Gasteiger partial charge is 0.456 e. The molecule has 13 rings (SSSR count). The Labute approximate surface area is 383 Å². The van der Waals surface area contributed by atoms with Crippen LogP contribution in [-0.2, 0) is 5.41 Å². The molecule has 1 aliphatic carbocycles. The van der Waals surface area contributed by atoms with E-state index in [1.807, 2.05) is 18.2 Å². The molecule has 0 saturated heterocycles. The predicted molar refractivity (Wildman–Crippen MR) is 275 cm³/mol. The van der Waals surface area contributed by atoms with E-state index >= 15 is 0 Å². The van der Waals surface area contributed by atoms with Gasteiger partial charge in [-0.3, -0.25) is 0 Å². The highest BCUT2D eigenvalue weighted by Gasteiger charge is 2.36. The summed E-state index contributed by atoms with van der Waals surface area (Å²) in [6.07, 6.45) is 0. The zero-order valence-corrected chi connectivity index (χ0v) is 36.6. The van der Waals surface area contributed by atoms with Gasteiger partial charge in [0.15, 0.2) is 0 Å². The van der Waals surface area contributed by atoms with Gasteiger partial charge in [0.1, 0.15) is 22.3 Å². The maximum atomic E-state index is 7.07. The molecule has 0 atom stereocenters. The highest BCUT2D eigenvalue weighted by Crippen LogP contribution is 2.52. The summed E-state index contributed by atoms with van der Waals surface area (Å²) < 4.78 is 13.5. The Hall–Kier alpha value is -8.40. The molecule has 2 aromatic heterocycles. The number of nitrogens with zero attached hydrogens (tertiary/aromatic N) is 1. The van der Waals surface area contributed by atoms with Gasteiger partial charge in [0.2, 0.25) is 0 Å². The molecule has 1 aliphatic rings. The molecule has 0 spiro atoms. The van der Waals surface area contributed by atoms with Crippen LogP contribution in [0.2, 0.25) is 0 Å². The fourth-order valence-electron chi connectivity index (χ4n) is 10.6. The van der Waals surface area contributed by atoms with E-state index in [0.717, 1.165) is 83.2 Å². The van der Waals surface area contributed by atoms with Crippen LogP contribution in [0.5, 0.6) is 0 Å². The van der Waals surface area contributed by atoms with Gasteiger partial charge in [0, 0.05) is 49.6 Å². The van der Waals surface area contributed by atoms with Gasteiger partial charge in [-0.25, -0.2) is 0 Å². The molecule has 3 heteroatoms. The quantitative estimate of drug-likeness (QED) is 0.160. The minimum atomic E-state index is -0.157. The molecule has 3 nitrogen and oxygen atoms in total. The second-order valence-corrected chi connectivity index (χ2v) is 18.0. The van der Waals surface area contributed by atoms with Crippen LogP contribution >= 0.6 is 0 Å².